The zero-order valence-electron chi connectivity index (χ0n) is 16.8. The molecule has 0 aliphatic carbocycles. The van der Waals surface area contributed by atoms with Crippen molar-refractivity contribution in [2.24, 2.45) is 0 Å². The smallest absolute Gasteiger partial charge is 0.338 e. The van der Waals surface area contributed by atoms with Crippen molar-refractivity contribution in [2.45, 2.75) is 13.3 Å². The van der Waals surface area contributed by atoms with Crippen LogP contribution in [0.25, 0.3) is 0 Å². The van der Waals surface area contributed by atoms with Gasteiger partial charge in [-0.3, -0.25) is 9.59 Å². The highest BCUT2D eigenvalue weighted by Gasteiger charge is 2.39. The molecule has 3 rings (SSSR count). The van der Waals surface area contributed by atoms with E-state index in [1.54, 1.807) is 18.2 Å². The van der Waals surface area contributed by atoms with Crippen molar-refractivity contribution in [3.8, 4) is 0 Å². The Bertz CT molecular complexity index is 1090. The molecule has 0 fully saturated rings. The maximum absolute atomic E-state index is 13.0. The average Bonchev–Trinajstić information content (AvgIpc) is 3.00. The van der Waals surface area contributed by atoms with Crippen molar-refractivity contribution in [2.75, 3.05) is 23.9 Å². The summed E-state index contributed by atoms with van der Waals surface area (Å²) in [6.45, 7) is 2.13. The van der Waals surface area contributed by atoms with Crippen LogP contribution in [0.3, 0.4) is 0 Å². The molecule has 0 aromatic heterocycles. The lowest BCUT2D eigenvalue weighted by Crippen LogP contribution is -2.32. The average molecular weight is 443 g/mol. The topological polar surface area (TPSA) is 102 Å². The number of amides is 2. The van der Waals surface area contributed by atoms with Crippen molar-refractivity contribution < 1.29 is 28.7 Å². The number of carbonyl (C=O) groups is 4. The Balaban J connectivity index is 1.85. The highest BCUT2D eigenvalue weighted by molar-refractivity contribution is 6.53. The fourth-order valence-corrected chi connectivity index (χ4v) is 3.09. The summed E-state index contributed by atoms with van der Waals surface area (Å²) in [6.07, 6.45) is 0.667. The molecular weight excluding hydrogens is 424 g/mol. The summed E-state index contributed by atoms with van der Waals surface area (Å²) in [5.41, 5.74) is 0.869. The number of hydrogen-bond donors (Lipinski definition) is 1. The summed E-state index contributed by atoms with van der Waals surface area (Å²) in [5.74, 6) is -2.54. The molecule has 8 nitrogen and oxygen atoms in total. The molecule has 1 N–H and O–H groups in total. The van der Waals surface area contributed by atoms with Crippen LogP contribution in [0.4, 0.5) is 11.4 Å². The number of carbonyl (C=O) groups excluding carboxylic acids is 4. The van der Waals surface area contributed by atoms with Gasteiger partial charge in [-0.2, -0.15) is 0 Å². The summed E-state index contributed by atoms with van der Waals surface area (Å²) < 4.78 is 9.77. The largest absolute Gasteiger partial charge is 0.465 e. The second-order valence-electron chi connectivity index (χ2n) is 6.52. The Labute approximate surface area is 183 Å². The first-order valence-corrected chi connectivity index (χ1v) is 9.76. The van der Waals surface area contributed by atoms with Crippen molar-refractivity contribution in [1.29, 1.82) is 0 Å². The second-order valence-corrected chi connectivity index (χ2v) is 6.90. The van der Waals surface area contributed by atoms with E-state index in [0.29, 0.717) is 12.1 Å². The van der Waals surface area contributed by atoms with Crippen LogP contribution in [-0.4, -0.2) is 37.5 Å². The molecule has 1 aliphatic heterocycles. The van der Waals surface area contributed by atoms with Crippen LogP contribution in [0.2, 0.25) is 0 Å². The monoisotopic (exact) mass is 442 g/mol. The number of methoxy groups -OCH3 is 1. The molecule has 0 atom stereocenters. The van der Waals surface area contributed by atoms with Gasteiger partial charge in [0.25, 0.3) is 11.8 Å². The zero-order chi connectivity index (χ0) is 22.5. The van der Waals surface area contributed by atoms with Gasteiger partial charge in [-0.1, -0.05) is 30.7 Å². The van der Waals surface area contributed by atoms with E-state index in [1.807, 2.05) is 6.92 Å². The first kappa shape index (κ1) is 22.0. The number of nitrogens with one attached hydrogen (secondary N) is 1. The molecule has 0 unspecified atom stereocenters. The molecule has 31 heavy (non-hydrogen) atoms. The lowest BCUT2D eigenvalue weighted by molar-refractivity contribution is -0.120. The van der Waals surface area contributed by atoms with E-state index in [2.05, 4.69) is 10.1 Å². The number of anilines is 2. The maximum atomic E-state index is 13.0. The predicted molar refractivity (Wildman–Crippen MR) is 114 cm³/mol. The Hall–Kier alpha value is -3.65. The van der Waals surface area contributed by atoms with Crippen molar-refractivity contribution >= 4 is 46.7 Å². The Morgan fingerprint density at radius 3 is 2.35 bits per heavy atom. The van der Waals surface area contributed by atoms with Gasteiger partial charge in [-0.15, -0.1) is 0 Å². The van der Waals surface area contributed by atoms with Crippen LogP contribution in [0.15, 0.2) is 59.3 Å². The van der Waals surface area contributed by atoms with E-state index < -0.39 is 23.8 Å². The van der Waals surface area contributed by atoms with Gasteiger partial charge in [0.1, 0.15) is 10.7 Å². The van der Waals surface area contributed by atoms with Gasteiger partial charge in [-0.05, 0) is 42.8 Å². The molecule has 2 amide bonds. The minimum atomic E-state index is -0.739. The molecule has 2 aromatic rings. The maximum Gasteiger partial charge on any atom is 0.338 e. The zero-order valence-corrected chi connectivity index (χ0v) is 17.6. The van der Waals surface area contributed by atoms with Crippen LogP contribution in [0.5, 0.6) is 0 Å². The predicted octanol–water partition coefficient (Wildman–Crippen LogP) is 3.48. The van der Waals surface area contributed by atoms with Crippen molar-refractivity contribution in [1.82, 2.24) is 0 Å². The summed E-state index contributed by atoms with van der Waals surface area (Å²) in [7, 11) is 1.25. The van der Waals surface area contributed by atoms with E-state index in [4.69, 9.17) is 16.3 Å². The lowest BCUT2D eigenvalue weighted by atomic mass is 10.2. The second kappa shape index (κ2) is 9.44. The first-order valence-electron chi connectivity index (χ1n) is 9.38. The molecule has 160 valence electrons. The molecular formula is C22H19ClN2O6. The van der Waals surface area contributed by atoms with Gasteiger partial charge in [0.05, 0.1) is 30.5 Å². The Morgan fingerprint density at radius 1 is 1.00 bits per heavy atom. The van der Waals surface area contributed by atoms with Crippen LogP contribution < -0.4 is 10.2 Å². The Kier molecular flexibility index (Phi) is 6.71. The normalized spacial score (nSPS) is 13.5. The SMILES string of the molecule is CCCOC(=O)c1cccc(N2C(=O)C(Cl)=C(Nc3cccc(C(=O)OC)c3)C2=O)c1. The van der Waals surface area contributed by atoms with Crippen molar-refractivity contribution in [3.63, 3.8) is 0 Å². The van der Waals surface area contributed by atoms with Crippen LogP contribution in [-0.2, 0) is 19.1 Å². The minimum Gasteiger partial charge on any atom is -0.465 e. The van der Waals surface area contributed by atoms with Gasteiger partial charge in [0, 0.05) is 5.69 Å². The summed E-state index contributed by atoms with van der Waals surface area (Å²) in [6, 6.07) is 12.2. The van der Waals surface area contributed by atoms with Gasteiger partial charge >= 0.3 is 11.9 Å². The minimum absolute atomic E-state index is 0.146. The number of hydrogen-bond acceptors (Lipinski definition) is 7. The van der Waals surface area contributed by atoms with E-state index in [-0.39, 0.29) is 34.2 Å². The summed E-state index contributed by atoms with van der Waals surface area (Å²) >= 11 is 6.14. The molecule has 9 heteroatoms. The lowest BCUT2D eigenvalue weighted by Gasteiger charge is -2.16. The standard InChI is InChI=1S/C22H19ClN2O6/c1-3-10-31-22(29)14-7-5-9-16(12-14)25-19(26)17(23)18(20(25)27)24-15-8-4-6-13(11-15)21(28)30-2/h4-9,11-12,24H,3,10H2,1-2H3. The van der Waals surface area contributed by atoms with Crippen LogP contribution in [0, 0.1) is 0 Å². The molecule has 0 spiro atoms. The number of nitrogens with zero attached hydrogens (tertiary/aromatic N) is 1. The van der Waals surface area contributed by atoms with E-state index in [0.717, 1.165) is 4.90 Å². The number of rotatable bonds is 7. The summed E-state index contributed by atoms with van der Waals surface area (Å²) in [5, 5.41) is 2.48. The van der Waals surface area contributed by atoms with Gasteiger partial charge in [-0.25, -0.2) is 14.5 Å². The fraction of sp³-hybridized carbons (Fsp3) is 0.182. The third-order valence-corrected chi connectivity index (χ3v) is 4.71. The van der Waals surface area contributed by atoms with E-state index >= 15 is 0 Å². The molecule has 2 aromatic carbocycles. The molecule has 1 heterocycles. The number of ether oxygens (including phenoxy) is 2. The van der Waals surface area contributed by atoms with Crippen LogP contribution in [0.1, 0.15) is 34.1 Å². The third-order valence-electron chi connectivity index (χ3n) is 4.36. The van der Waals surface area contributed by atoms with E-state index in [9.17, 15) is 19.2 Å². The quantitative estimate of drug-likeness (QED) is 0.517. The number of imide groups is 1. The van der Waals surface area contributed by atoms with Crippen LogP contribution >= 0.6 is 11.6 Å². The molecule has 0 saturated carbocycles. The van der Waals surface area contributed by atoms with E-state index in [1.165, 1.54) is 37.4 Å². The molecule has 0 radical (unpaired) electrons. The van der Waals surface area contributed by atoms with Gasteiger partial charge < -0.3 is 14.8 Å². The third kappa shape index (κ3) is 4.59. The van der Waals surface area contributed by atoms with Crippen molar-refractivity contribution in [3.05, 3.63) is 70.4 Å². The first-order chi connectivity index (χ1) is 14.9. The molecule has 0 bridgehead atoms. The highest BCUT2D eigenvalue weighted by Crippen LogP contribution is 2.30. The number of halogens is 1. The number of benzene rings is 2. The highest BCUT2D eigenvalue weighted by atomic mass is 35.5. The molecule has 1 aliphatic rings. The Morgan fingerprint density at radius 2 is 1.68 bits per heavy atom. The molecule has 0 saturated heterocycles. The number of esters is 2. The van der Waals surface area contributed by atoms with Gasteiger partial charge in [0.2, 0.25) is 0 Å². The fourth-order valence-electron chi connectivity index (χ4n) is 2.88. The summed E-state index contributed by atoms with van der Waals surface area (Å²) in [4.78, 5) is 50.3. The van der Waals surface area contributed by atoms with Gasteiger partial charge in [0.15, 0.2) is 0 Å².